The quantitative estimate of drug-likeness (QED) is 0.757. The largest absolute Gasteiger partial charge is 0.386 e. The highest BCUT2D eigenvalue weighted by Gasteiger charge is 2.26. The topological polar surface area (TPSA) is 40.5 Å². The van der Waals surface area contributed by atoms with E-state index in [1.807, 2.05) is 24.3 Å². The molecule has 78 valence electrons. The molecule has 0 aromatic heterocycles. The summed E-state index contributed by atoms with van der Waals surface area (Å²) in [4.78, 5) is 0. The van der Waals surface area contributed by atoms with E-state index >= 15 is 0 Å². The number of rotatable bonds is 2. The molecule has 0 atom stereocenters. The predicted molar refractivity (Wildman–Crippen MR) is 56.9 cm³/mol. The van der Waals surface area contributed by atoms with Gasteiger partial charge in [-0.25, -0.2) is 0 Å². The highest BCUT2D eigenvalue weighted by atomic mass is 16.3. The molecule has 0 heterocycles. The summed E-state index contributed by atoms with van der Waals surface area (Å²) in [5.74, 6) is 0. The maximum atomic E-state index is 9.92. The Balaban J connectivity index is 3.31. The Labute approximate surface area is 85.2 Å². The standard InChI is InChI=1S/C12H18O2/c1-11(2,13)9-7-5-6-8-10(9)12(3,4)14/h5-8,13-14H,1-4H3. The molecule has 0 aliphatic heterocycles. The fourth-order valence-electron chi connectivity index (χ4n) is 1.55. The third-order valence-corrected chi connectivity index (χ3v) is 2.25. The first-order chi connectivity index (χ1) is 6.23. The van der Waals surface area contributed by atoms with Crippen molar-refractivity contribution in [2.45, 2.75) is 38.9 Å². The summed E-state index contributed by atoms with van der Waals surface area (Å²) in [7, 11) is 0. The van der Waals surface area contributed by atoms with Crippen molar-refractivity contribution in [2.75, 3.05) is 0 Å². The lowest BCUT2D eigenvalue weighted by molar-refractivity contribution is 0.0524. The Hall–Kier alpha value is -0.860. The number of hydrogen-bond acceptors (Lipinski definition) is 2. The summed E-state index contributed by atoms with van der Waals surface area (Å²) in [6, 6.07) is 7.41. The Morgan fingerprint density at radius 3 is 1.29 bits per heavy atom. The summed E-state index contributed by atoms with van der Waals surface area (Å²) in [6.07, 6.45) is 0. The van der Waals surface area contributed by atoms with E-state index in [0.717, 1.165) is 11.1 Å². The van der Waals surface area contributed by atoms with E-state index in [1.54, 1.807) is 27.7 Å². The Bertz CT molecular complexity index is 283. The van der Waals surface area contributed by atoms with Crippen molar-refractivity contribution in [2.24, 2.45) is 0 Å². The van der Waals surface area contributed by atoms with E-state index in [2.05, 4.69) is 0 Å². The van der Waals surface area contributed by atoms with Crippen molar-refractivity contribution in [3.63, 3.8) is 0 Å². The monoisotopic (exact) mass is 194 g/mol. The van der Waals surface area contributed by atoms with Gasteiger partial charge in [0.1, 0.15) is 0 Å². The normalized spacial score (nSPS) is 13.0. The summed E-state index contributed by atoms with van der Waals surface area (Å²) in [5.41, 5.74) is -0.298. The van der Waals surface area contributed by atoms with Crippen LogP contribution in [-0.4, -0.2) is 10.2 Å². The van der Waals surface area contributed by atoms with Gasteiger partial charge < -0.3 is 10.2 Å². The first-order valence-electron chi connectivity index (χ1n) is 4.77. The third-order valence-electron chi connectivity index (χ3n) is 2.25. The molecule has 0 saturated carbocycles. The van der Waals surface area contributed by atoms with Crippen LogP contribution >= 0.6 is 0 Å². The molecule has 0 radical (unpaired) electrons. The van der Waals surface area contributed by atoms with E-state index < -0.39 is 11.2 Å². The molecule has 0 fully saturated rings. The molecule has 0 amide bonds. The summed E-state index contributed by atoms with van der Waals surface area (Å²) >= 11 is 0. The minimum atomic E-state index is -0.920. The molecule has 0 saturated heterocycles. The van der Waals surface area contributed by atoms with Crippen molar-refractivity contribution >= 4 is 0 Å². The van der Waals surface area contributed by atoms with Gasteiger partial charge in [-0.3, -0.25) is 0 Å². The molecule has 1 aromatic rings. The average molecular weight is 194 g/mol. The third kappa shape index (κ3) is 2.34. The van der Waals surface area contributed by atoms with Gasteiger partial charge in [-0.05, 0) is 38.8 Å². The van der Waals surface area contributed by atoms with Gasteiger partial charge in [0.15, 0.2) is 0 Å². The lowest BCUT2D eigenvalue weighted by Crippen LogP contribution is -2.25. The highest BCUT2D eigenvalue weighted by Crippen LogP contribution is 2.30. The SMILES string of the molecule is CC(C)(O)c1ccccc1C(C)(C)O. The van der Waals surface area contributed by atoms with Crippen LogP contribution in [0.2, 0.25) is 0 Å². The number of aliphatic hydroxyl groups is 2. The molecule has 2 heteroatoms. The molecule has 2 N–H and O–H groups in total. The Morgan fingerprint density at radius 2 is 1.07 bits per heavy atom. The summed E-state index contributed by atoms with van der Waals surface area (Å²) < 4.78 is 0. The fraction of sp³-hybridized carbons (Fsp3) is 0.500. The van der Waals surface area contributed by atoms with E-state index in [9.17, 15) is 10.2 Å². The molecule has 0 bridgehead atoms. The Kier molecular flexibility index (Phi) is 2.70. The zero-order chi connectivity index (χ0) is 11.0. The second-order valence-electron chi connectivity index (χ2n) is 4.66. The van der Waals surface area contributed by atoms with Gasteiger partial charge in [0, 0.05) is 0 Å². The molecular weight excluding hydrogens is 176 g/mol. The molecular formula is C12H18O2. The van der Waals surface area contributed by atoms with Crippen molar-refractivity contribution in [1.29, 1.82) is 0 Å². The van der Waals surface area contributed by atoms with Crippen LogP contribution in [-0.2, 0) is 11.2 Å². The zero-order valence-electron chi connectivity index (χ0n) is 9.20. The van der Waals surface area contributed by atoms with Gasteiger partial charge in [0.05, 0.1) is 11.2 Å². The first kappa shape index (κ1) is 11.2. The van der Waals surface area contributed by atoms with Crippen LogP contribution in [0.3, 0.4) is 0 Å². The molecule has 1 aromatic carbocycles. The van der Waals surface area contributed by atoms with Crippen molar-refractivity contribution in [3.8, 4) is 0 Å². The number of hydrogen-bond donors (Lipinski definition) is 2. The molecule has 14 heavy (non-hydrogen) atoms. The van der Waals surface area contributed by atoms with Crippen molar-refractivity contribution < 1.29 is 10.2 Å². The molecule has 0 unspecified atom stereocenters. The van der Waals surface area contributed by atoms with Gasteiger partial charge in [0.2, 0.25) is 0 Å². The van der Waals surface area contributed by atoms with Crippen molar-refractivity contribution in [1.82, 2.24) is 0 Å². The molecule has 1 rings (SSSR count). The van der Waals surface area contributed by atoms with Gasteiger partial charge >= 0.3 is 0 Å². The van der Waals surface area contributed by atoms with Crippen LogP contribution in [0, 0.1) is 0 Å². The molecule has 2 nitrogen and oxygen atoms in total. The maximum absolute atomic E-state index is 9.92. The predicted octanol–water partition coefficient (Wildman–Crippen LogP) is 2.14. The van der Waals surface area contributed by atoms with Crippen LogP contribution in [0.15, 0.2) is 24.3 Å². The van der Waals surface area contributed by atoms with Gasteiger partial charge in [-0.15, -0.1) is 0 Å². The minimum absolute atomic E-state index is 0.771. The lowest BCUT2D eigenvalue weighted by atomic mass is 9.86. The van der Waals surface area contributed by atoms with E-state index in [4.69, 9.17) is 0 Å². The zero-order valence-corrected chi connectivity index (χ0v) is 9.20. The van der Waals surface area contributed by atoms with E-state index in [-0.39, 0.29) is 0 Å². The van der Waals surface area contributed by atoms with Crippen molar-refractivity contribution in [3.05, 3.63) is 35.4 Å². The van der Waals surface area contributed by atoms with Crippen LogP contribution in [0.1, 0.15) is 38.8 Å². The van der Waals surface area contributed by atoms with E-state index in [0.29, 0.717) is 0 Å². The second kappa shape index (κ2) is 3.37. The van der Waals surface area contributed by atoms with E-state index in [1.165, 1.54) is 0 Å². The lowest BCUT2D eigenvalue weighted by Gasteiger charge is -2.27. The smallest absolute Gasteiger partial charge is 0.0844 e. The molecule has 0 aliphatic rings. The summed E-state index contributed by atoms with van der Waals surface area (Å²) in [5, 5.41) is 19.8. The highest BCUT2D eigenvalue weighted by molar-refractivity contribution is 5.35. The molecule has 0 spiro atoms. The first-order valence-corrected chi connectivity index (χ1v) is 4.77. The number of benzene rings is 1. The maximum Gasteiger partial charge on any atom is 0.0844 e. The van der Waals surface area contributed by atoms with Gasteiger partial charge in [0.25, 0.3) is 0 Å². The van der Waals surface area contributed by atoms with Crippen LogP contribution in [0.4, 0.5) is 0 Å². The minimum Gasteiger partial charge on any atom is -0.386 e. The Morgan fingerprint density at radius 1 is 0.786 bits per heavy atom. The fourth-order valence-corrected chi connectivity index (χ4v) is 1.55. The van der Waals surface area contributed by atoms with Gasteiger partial charge in [-0.1, -0.05) is 24.3 Å². The average Bonchev–Trinajstić information content (AvgIpc) is 2.01. The molecule has 0 aliphatic carbocycles. The van der Waals surface area contributed by atoms with Crippen LogP contribution in [0.5, 0.6) is 0 Å². The summed E-state index contributed by atoms with van der Waals surface area (Å²) in [6.45, 7) is 6.88. The van der Waals surface area contributed by atoms with Gasteiger partial charge in [-0.2, -0.15) is 0 Å². The van der Waals surface area contributed by atoms with Crippen LogP contribution < -0.4 is 0 Å². The van der Waals surface area contributed by atoms with Crippen LogP contribution in [0.25, 0.3) is 0 Å². The second-order valence-corrected chi connectivity index (χ2v) is 4.66.